The fourth-order valence-electron chi connectivity index (χ4n) is 4.18. The zero-order valence-electron chi connectivity index (χ0n) is 11.4. The van der Waals surface area contributed by atoms with Crippen LogP contribution in [-0.4, -0.2) is 0 Å². The van der Waals surface area contributed by atoms with Crippen molar-refractivity contribution in [3.8, 4) is 0 Å². The second-order valence-corrected chi connectivity index (χ2v) is 6.36. The van der Waals surface area contributed by atoms with Crippen LogP contribution in [0.4, 0.5) is 0 Å². The van der Waals surface area contributed by atoms with Gasteiger partial charge in [-0.1, -0.05) is 44.0 Å². The molecule has 2 fully saturated rings. The van der Waals surface area contributed by atoms with E-state index in [9.17, 15) is 0 Å². The van der Waals surface area contributed by atoms with Crippen molar-refractivity contribution in [1.82, 2.24) is 0 Å². The second kappa shape index (κ2) is 5.05. The van der Waals surface area contributed by atoms with Gasteiger partial charge in [-0.25, -0.2) is 0 Å². The summed E-state index contributed by atoms with van der Waals surface area (Å²) in [6.45, 7) is 2.23. The van der Waals surface area contributed by atoms with Crippen molar-refractivity contribution >= 4 is 0 Å². The van der Waals surface area contributed by atoms with Gasteiger partial charge in [0.25, 0.3) is 0 Å². The summed E-state index contributed by atoms with van der Waals surface area (Å²) >= 11 is 0. The van der Waals surface area contributed by atoms with E-state index in [-0.39, 0.29) is 6.04 Å². The summed E-state index contributed by atoms with van der Waals surface area (Å²) < 4.78 is 0. The van der Waals surface area contributed by atoms with E-state index in [0.717, 1.165) is 17.8 Å². The summed E-state index contributed by atoms with van der Waals surface area (Å²) in [5.41, 5.74) is 9.31. The Morgan fingerprint density at radius 3 is 2.50 bits per heavy atom. The Labute approximate surface area is 111 Å². The number of fused-ring (bicyclic) bond motifs is 2. The quantitative estimate of drug-likeness (QED) is 0.847. The van der Waals surface area contributed by atoms with Crippen LogP contribution in [0.25, 0.3) is 0 Å². The first-order valence-corrected chi connectivity index (χ1v) is 7.62. The van der Waals surface area contributed by atoms with E-state index in [1.165, 1.54) is 49.7 Å². The number of aryl methyl sites for hydroxylation is 1. The topological polar surface area (TPSA) is 26.0 Å². The first-order valence-electron chi connectivity index (χ1n) is 7.62. The number of rotatable bonds is 4. The summed E-state index contributed by atoms with van der Waals surface area (Å²) in [4.78, 5) is 0. The Morgan fingerprint density at radius 2 is 1.94 bits per heavy atom. The van der Waals surface area contributed by atoms with Gasteiger partial charge in [-0.3, -0.25) is 0 Å². The maximum Gasteiger partial charge on any atom is 0.0326 e. The van der Waals surface area contributed by atoms with Crippen molar-refractivity contribution in [2.75, 3.05) is 0 Å². The van der Waals surface area contributed by atoms with Crippen LogP contribution in [0.15, 0.2) is 24.3 Å². The van der Waals surface area contributed by atoms with Gasteiger partial charge in [0.1, 0.15) is 0 Å². The molecule has 1 aromatic rings. The van der Waals surface area contributed by atoms with Crippen molar-refractivity contribution in [3.05, 3.63) is 35.4 Å². The highest BCUT2D eigenvalue weighted by Crippen LogP contribution is 2.51. The zero-order valence-corrected chi connectivity index (χ0v) is 11.4. The lowest BCUT2D eigenvalue weighted by molar-refractivity contribution is 0.284. The lowest BCUT2D eigenvalue weighted by Gasteiger charge is -2.28. The van der Waals surface area contributed by atoms with E-state index in [4.69, 9.17) is 5.73 Å². The van der Waals surface area contributed by atoms with Crippen LogP contribution in [0.1, 0.15) is 56.2 Å². The minimum absolute atomic E-state index is 0.274. The lowest BCUT2D eigenvalue weighted by Crippen LogP contribution is -2.25. The van der Waals surface area contributed by atoms with E-state index in [1.807, 2.05) is 0 Å². The summed E-state index contributed by atoms with van der Waals surface area (Å²) in [5.74, 6) is 2.66. The molecule has 0 radical (unpaired) electrons. The molecule has 2 N–H and O–H groups in total. The van der Waals surface area contributed by atoms with Crippen LogP contribution in [0.5, 0.6) is 0 Å². The summed E-state index contributed by atoms with van der Waals surface area (Å²) in [5, 5.41) is 0. The lowest BCUT2D eigenvalue weighted by atomic mass is 9.81. The maximum absolute atomic E-state index is 6.51. The van der Waals surface area contributed by atoms with Crippen LogP contribution >= 0.6 is 0 Å². The average Bonchev–Trinajstić information content (AvgIpc) is 3.01. The molecule has 1 aromatic carbocycles. The third-order valence-corrected chi connectivity index (χ3v) is 5.16. The van der Waals surface area contributed by atoms with Crippen LogP contribution in [0.3, 0.4) is 0 Å². The largest absolute Gasteiger partial charge is 0.324 e. The molecule has 2 bridgehead atoms. The molecule has 0 spiro atoms. The number of nitrogens with two attached hydrogens (primary N) is 1. The van der Waals surface area contributed by atoms with Crippen LogP contribution in [-0.2, 0) is 6.42 Å². The number of benzene rings is 1. The highest BCUT2D eigenvalue weighted by atomic mass is 14.7. The zero-order chi connectivity index (χ0) is 12.5. The van der Waals surface area contributed by atoms with Gasteiger partial charge in [-0.05, 0) is 54.6 Å². The highest BCUT2D eigenvalue weighted by Gasteiger charge is 2.42. The van der Waals surface area contributed by atoms with Crippen LogP contribution in [0.2, 0.25) is 0 Å². The van der Waals surface area contributed by atoms with Crippen LogP contribution < -0.4 is 5.73 Å². The van der Waals surface area contributed by atoms with E-state index in [2.05, 4.69) is 31.2 Å². The third-order valence-electron chi connectivity index (χ3n) is 5.16. The van der Waals surface area contributed by atoms with Crippen molar-refractivity contribution < 1.29 is 0 Å². The van der Waals surface area contributed by atoms with Crippen molar-refractivity contribution in [2.45, 2.75) is 51.5 Å². The standard InChI is InChI=1S/C17H25N/c1-2-3-12-4-7-14(8-5-12)17(18)16-11-13-6-9-15(16)10-13/h4-5,7-8,13,15-17H,2-3,6,9-11,18H2,1H3. The molecular weight excluding hydrogens is 218 g/mol. The maximum atomic E-state index is 6.51. The Balaban J connectivity index is 1.70. The molecule has 0 heterocycles. The normalized spacial score (nSPS) is 31.8. The predicted molar refractivity (Wildman–Crippen MR) is 76.3 cm³/mol. The molecule has 4 atom stereocenters. The smallest absolute Gasteiger partial charge is 0.0326 e. The third kappa shape index (κ3) is 2.21. The molecule has 18 heavy (non-hydrogen) atoms. The van der Waals surface area contributed by atoms with Crippen molar-refractivity contribution in [2.24, 2.45) is 23.5 Å². The Hall–Kier alpha value is -0.820. The van der Waals surface area contributed by atoms with Gasteiger partial charge in [-0.15, -0.1) is 0 Å². The van der Waals surface area contributed by atoms with Crippen molar-refractivity contribution in [3.63, 3.8) is 0 Å². The molecule has 3 rings (SSSR count). The fraction of sp³-hybridized carbons (Fsp3) is 0.647. The molecular formula is C17H25N. The molecule has 0 saturated heterocycles. The molecule has 2 aliphatic carbocycles. The SMILES string of the molecule is CCCc1ccc(C(N)C2CC3CCC2C3)cc1. The van der Waals surface area contributed by atoms with E-state index in [0.29, 0.717) is 0 Å². The molecule has 2 saturated carbocycles. The Bertz CT molecular complexity index is 395. The van der Waals surface area contributed by atoms with Gasteiger partial charge in [0.2, 0.25) is 0 Å². The molecule has 0 aromatic heterocycles. The van der Waals surface area contributed by atoms with E-state index >= 15 is 0 Å². The van der Waals surface area contributed by atoms with Gasteiger partial charge < -0.3 is 5.73 Å². The first-order chi connectivity index (χ1) is 8.78. The minimum Gasteiger partial charge on any atom is -0.324 e. The molecule has 1 heteroatoms. The highest BCUT2D eigenvalue weighted by molar-refractivity contribution is 5.26. The summed E-state index contributed by atoms with van der Waals surface area (Å²) in [6, 6.07) is 9.34. The average molecular weight is 243 g/mol. The summed E-state index contributed by atoms with van der Waals surface area (Å²) in [6.07, 6.45) is 8.12. The van der Waals surface area contributed by atoms with Crippen molar-refractivity contribution in [1.29, 1.82) is 0 Å². The number of hydrogen-bond acceptors (Lipinski definition) is 1. The molecule has 1 nitrogen and oxygen atoms in total. The van der Waals surface area contributed by atoms with Crippen LogP contribution in [0, 0.1) is 17.8 Å². The van der Waals surface area contributed by atoms with E-state index in [1.54, 1.807) is 0 Å². The molecule has 0 aliphatic heterocycles. The van der Waals surface area contributed by atoms with E-state index < -0.39 is 0 Å². The molecule has 98 valence electrons. The Morgan fingerprint density at radius 1 is 1.17 bits per heavy atom. The fourth-order valence-corrected chi connectivity index (χ4v) is 4.18. The number of hydrogen-bond donors (Lipinski definition) is 1. The van der Waals surface area contributed by atoms with Gasteiger partial charge >= 0.3 is 0 Å². The van der Waals surface area contributed by atoms with Gasteiger partial charge in [-0.2, -0.15) is 0 Å². The first kappa shape index (κ1) is 12.2. The molecule has 0 amide bonds. The van der Waals surface area contributed by atoms with Gasteiger partial charge in [0.05, 0.1) is 0 Å². The molecule has 4 unspecified atom stereocenters. The second-order valence-electron chi connectivity index (χ2n) is 6.36. The molecule has 2 aliphatic rings. The predicted octanol–water partition coefficient (Wildman–Crippen LogP) is 4.08. The van der Waals surface area contributed by atoms with Gasteiger partial charge in [0.15, 0.2) is 0 Å². The minimum atomic E-state index is 0.274. The monoisotopic (exact) mass is 243 g/mol. The Kier molecular flexibility index (Phi) is 3.43. The summed E-state index contributed by atoms with van der Waals surface area (Å²) in [7, 11) is 0. The van der Waals surface area contributed by atoms with Gasteiger partial charge in [0, 0.05) is 6.04 Å².